The molecule has 7 nitrogen and oxygen atoms in total. The highest BCUT2D eigenvalue weighted by atomic mass is 35.5. The van der Waals surface area contributed by atoms with Gasteiger partial charge in [0.05, 0.1) is 40.0 Å². The van der Waals surface area contributed by atoms with Gasteiger partial charge in [-0.15, -0.1) is 0 Å². The molecule has 3 amide bonds. The average molecular weight is 506 g/mol. The maximum Gasteiger partial charge on any atom is 0.329 e. The fourth-order valence-corrected chi connectivity index (χ4v) is 5.48. The molecule has 4 rings (SSSR count). The number of nitrogens with one attached hydrogen (secondary N) is 3. The van der Waals surface area contributed by atoms with Gasteiger partial charge in [-0.25, -0.2) is 4.79 Å². The molecule has 1 fully saturated rings. The van der Waals surface area contributed by atoms with Gasteiger partial charge in [-0.05, 0) is 57.4 Å². The SMILES string of the molecule is CC1CCCC(C)[NH+]1CCCNC(=O)C1(O)c2ccccc2NC(=O)N1c1ccc(Cl)c(Cl)c1. The zero-order chi connectivity index (χ0) is 24.5. The quantitative estimate of drug-likeness (QED) is 0.453. The van der Waals surface area contributed by atoms with Crippen LogP contribution in [0.5, 0.6) is 0 Å². The highest BCUT2D eigenvalue weighted by molar-refractivity contribution is 6.42. The Bertz CT molecular complexity index is 1070. The van der Waals surface area contributed by atoms with Crippen molar-refractivity contribution in [3.05, 3.63) is 58.1 Å². The largest absolute Gasteiger partial charge is 0.359 e. The predicted octanol–water partition coefficient (Wildman–Crippen LogP) is 3.54. The van der Waals surface area contributed by atoms with E-state index in [9.17, 15) is 14.7 Å². The zero-order valence-electron chi connectivity index (χ0n) is 19.4. The van der Waals surface area contributed by atoms with Crippen LogP contribution in [0.2, 0.25) is 10.0 Å². The summed E-state index contributed by atoms with van der Waals surface area (Å²) in [5.41, 5.74) is -1.35. The molecule has 2 aliphatic heterocycles. The molecular formula is C25H31Cl2N4O3+. The molecule has 4 N–H and O–H groups in total. The van der Waals surface area contributed by atoms with E-state index < -0.39 is 17.7 Å². The van der Waals surface area contributed by atoms with E-state index in [4.69, 9.17) is 23.2 Å². The number of benzene rings is 2. The summed E-state index contributed by atoms with van der Waals surface area (Å²) in [6.45, 7) is 5.88. The highest BCUT2D eigenvalue weighted by Crippen LogP contribution is 2.41. The van der Waals surface area contributed by atoms with E-state index in [0.717, 1.165) is 17.9 Å². The lowest BCUT2D eigenvalue weighted by Crippen LogP contribution is -3.19. The predicted molar refractivity (Wildman–Crippen MR) is 135 cm³/mol. The van der Waals surface area contributed by atoms with E-state index in [1.807, 2.05) is 0 Å². The van der Waals surface area contributed by atoms with E-state index in [1.165, 1.54) is 31.4 Å². The molecule has 0 aliphatic carbocycles. The molecule has 0 aromatic heterocycles. The number of piperidine rings is 1. The Morgan fingerprint density at radius 1 is 1.18 bits per heavy atom. The van der Waals surface area contributed by atoms with Gasteiger partial charge in [0.1, 0.15) is 0 Å². The molecule has 2 heterocycles. The number of carbonyl (C=O) groups excluding carboxylic acids is 2. The molecule has 0 saturated carbocycles. The first-order valence-corrected chi connectivity index (χ1v) is 12.5. The van der Waals surface area contributed by atoms with Crippen molar-refractivity contribution in [2.75, 3.05) is 23.3 Å². The van der Waals surface area contributed by atoms with E-state index >= 15 is 0 Å². The Kier molecular flexibility index (Phi) is 7.38. The van der Waals surface area contributed by atoms with Gasteiger partial charge in [0, 0.05) is 18.5 Å². The second-order valence-corrected chi connectivity index (χ2v) is 10.1. The standard InChI is InChI=1S/C25H30Cl2N4O3/c1-16-7-5-8-17(2)30(16)14-6-13-28-23(32)25(34)19-9-3-4-10-22(19)29-24(33)31(25)18-11-12-20(26)21(27)15-18/h3-4,9-12,15-17,34H,5-8,13-14H2,1-2H3,(H,28,32)(H,29,33)/p+1. The van der Waals surface area contributed by atoms with Gasteiger partial charge in [0.2, 0.25) is 0 Å². The molecule has 182 valence electrons. The number of urea groups is 1. The lowest BCUT2D eigenvalue weighted by Gasteiger charge is -2.42. The fraction of sp³-hybridized carbons (Fsp3) is 0.440. The Balaban J connectivity index is 1.57. The number of rotatable bonds is 6. The molecule has 0 spiro atoms. The molecule has 0 radical (unpaired) electrons. The maximum atomic E-state index is 13.5. The van der Waals surface area contributed by atoms with Crippen LogP contribution in [0.1, 0.15) is 45.1 Å². The van der Waals surface area contributed by atoms with Crippen LogP contribution in [0.25, 0.3) is 0 Å². The Morgan fingerprint density at radius 3 is 2.59 bits per heavy atom. The van der Waals surface area contributed by atoms with Crippen molar-refractivity contribution < 1.29 is 19.6 Å². The number of anilines is 2. The van der Waals surface area contributed by atoms with Gasteiger partial charge in [0.15, 0.2) is 0 Å². The number of hydrogen-bond acceptors (Lipinski definition) is 3. The van der Waals surface area contributed by atoms with Crippen molar-refractivity contribution in [2.45, 2.75) is 57.3 Å². The van der Waals surface area contributed by atoms with Gasteiger partial charge in [0.25, 0.3) is 11.6 Å². The smallest absolute Gasteiger partial charge is 0.329 e. The first kappa shape index (κ1) is 24.8. The summed E-state index contributed by atoms with van der Waals surface area (Å²) in [7, 11) is 0. The highest BCUT2D eigenvalue weighted by Gasteiger charge is 2.52. The number of likely N-dealkylation sites (tertiary alicyclic amines) is 1. The van der Waals surface area contributed by atoms with Gasteiger partial charge < -0.3 is 20.6 Å². The lowest BCUT2D eigenvalue weighted by atomic mass is 9.94. The van der Waals surface area contributed by atoms with Crippen molar-refractivity contribution in [3.63, 3.8) is 0 Å². The minimum Gasteiger partial charge on any atom is -0.359 e. The summed E-state index contributed by atoms with van der Waals surface area (Å²) in [4.78, 5) is 29.1. The van der Waals surface area contributed by atoms with Crippen molar-refractivity contribution in [1.82, 2.24) is 5.32 Å². The molecule has 2 aromatic rings. The number of halogens is 2. The van der Waals surface area contributed by atoms with Gasteiger partial charge in [-0.2, -0.15) is 0 Å². The molecule has 9 heteroatoms. The lowest BCUT2D eigenvalue weighted by molar-refractivity contribution is -0.951. The van der Waals surface area contributed by atoms with E-state index in [0.29, 0.717) is 29.3 Å². The Hall–Kier alpha value is -2.32. The van der Waals surface area contributed by atoms with Crippen LogP contribution in [0.4, 0.5) is 16.2 Å². The summed E-state index contributed by atoms with van der Waals surface area (Å²) < 4.78 is 0. The van der Waals surface area contributed by atoms with Crippen LogP contribution in [-0.2, 0) is 10.5 Å². The molecule has 1 saturated heterocycles. The number of hydrogen-bond donors (Lipinski definition) is 4. The topological polar surface area (TPSA) is 86.1 Å². The number of carbonyl (C=O) groups is 2. The van der Waals surface area contributed by atoms with E-state index in [2.05, 4.69) is 24.5 Å². The third-order valence-electron chi connectivity index (χ3n) is 7.02. The van der Waals surface area contributed by atoms with Crippen LogP contribution in [-0.4, -0.2) is 42.2 Å². The van der Waals surface area contributed by atoms with Gasteiger partial charge in [-0.3, -0.25) is 9.69 Å². The second kappa shape index (κ2) is 10.1. The Labute approximate surface area is 210 Å². The first-order valence-electron chi connectivity index (χ1n) is 11.8. The van der Waals surface area contributed by atoms with Crippen molar-refractivity contribution >= 4 is 46.5 Å². The van der Waals surface area contributed by atoms with Crippen LogP contribution in [0.15, 0.2) is 42.5 Å². The molecule has 2 aromatic carbocycles. The minimum atomic E-state index is -2.26. The molecular weight excluding hydrogens is 475 g/mol. The van der Waals surface area contributed by atoms with Crippen molar-refractivity contribution in [2.24, 2.45) is 0 Å². The summed E-state index contributed by atoms with van der Waals surface area (Å²) in [6.07, 6.45) is 4.47. The molecule has 2 aliphatic rings. The number of fused-ring (bicyclic) bond motifs is 1. The zero-order valence-corrected chi connectivity index (χ0v) is 20.9. The summed E-state index contributed by atoms with van der Waals surface area (Å²) in [5.74, 6) is -0.671. The minimum absolute atomic E-state index is 0.210. The number of aliphatic hydroxyl groups is 1. The van der Waals surface area contributed by atoms with Crippen molar-refractivity contribution in [3.8, 4) is 0 Å². The molecule has 3 atom stereocenters. The summed E-state index contributed by atoms with van der Waals surface area (Å²) in [6, 6.07) is 11.8. The number of quaternary nitrogens is 1. The third kappa shape index (κ3) is 4.62. The van der Waals surface area contributed by atoms with Gasteiger partial charge >= 0.3 is 6.03 Å². The summed E-state index contributed by atoms with van der Waals surface area (Å²) >= 11 is 12.2. The van der Waals surface area contributed by atoms with E-state index in [-0.39, 0.29) is 16.3 Å². The monoisotopic (exact) mass is 505 g/mol. The van der Waals surface area contributed by atoms with Crippen LogP contribution < -0.4 is 20.4 Å². The van der Waals surface area contributed by atoms with Crippen molar-refractivity contribution in [1.29, 1.82) is 0 Å². The first-order chi connectivity index (χ1) is 16.2. The normalized spacial score (nSPS) is 26.6. The number of para-hydroxylation sites is 1. The Morgan fingerprint density at radius 2 is 1.88 bits per heavy atom. The molecule has 34 heavy (non-hydrogen) atoms. The van der Waals surface area contributed by atoms with Crippen LogP contribution in [0, 0.1) is 0 Å². The average Bonchev–Trinajstić information content (AvgIpc) is 2.80. The number of nitrogens with zero attached hydrogens (tertiary/aromatic N) is 1. The number of amides is 3. The van der Waals surface area contributed by atoms with Crippen LogP contribution >= 0.6 is 23.2 Å². The maximum absolute atomic E-state index is 13.5. The van der Waals surface area contributed by atoms with E-state index in [1.54, 1.807) is 35.2 Å². The molecule has 0 bridgehead atoms. The fourth-order valence-electron chi connectivity index (χ4n) is 5.18. The molecule has 3 unspecified atom stereocenters. The summed E-state index contributed by atoms with van der Waals surface area (Å²) in [5, 5.41) is 18.0. The second-order valence-electron chi connectivity index (χ2n) is 9.25. The van der Waals surface area contributed by atoms with Crippen LogP contribution in [0.3, 0.4) is 0 Å². The van der Waals surface area contributed by atoms with Gasteiger partial charge in [-0.1, -0.05) is 41.4 Å². The third-order valence-corrected chi connectivity index (χ3v) is 7.76.